The Morgan fingerprint density at radius 2 is 2.06 bits per heavy atom. The monoisotopic (exact) mass is 286 g/mol. The van der Waals surface area contributed by atoms with Gasteiger partial charge in [-0.3, -0.25) is 0 Å². The highest BCUT2D eigenvalue weighted by Gasteiger charge is 2.22. The Labute approximate surface area is 114 Å². The Hall–Kier alpha value is -0.980. The maximum Gasteiger partial charge on any atom is 0.241 e. The molecule has 0 saturated carbocycles. The molecular weight excluding hydrogens is 268 g/mol. The van der Waals surface area contributed by atoms with Gasteiger partial charge in [-0.05, 0) is 37.5 Å². The molecule has 0 aliphatic carbocycles. The standard InChI is InChI=1S/C12H18N2O2S2/c1-4-10(12(13)17)14-18(15,16)11-7-8(2)5-6-9(11)3/h5-7,10,14H,4H2,1-3H3,(H2,13,17). The zero-order chi connectivity index (χ0) is 13.9. The van der Waals surface area contributed by atoms with E-state index < -0.39 is 16.1 Å². The third kappa shape index (κ3) is 3.51. The molecule has 0 radical (unpaired) electrons. The molecule has 3 N–H and O–H groups in total. The van der Waals surface area contributed by atoms with E-state index in [4.69, 9.17) is 18.0 Å². The van der Waals surface area contributed by atoms with Crippen LogP contribution in [0.4, 0.5) is 0 Å². The molecule has 1 unspecified atom stereocenters. The van der Waals surface area contributed by atoms with Gasteiger partial charge >= 0.3 is 0 Å². The molecule has 0 aliphatic rings. The van der Waals surface area contributed by atoms with Crippen LogP contribution in [0.25, 0.3) is 0 Å². The van der Waals surface area contributed by atoms with Crippen LogP contribution in [0.1, 0.15) is 24.5 Å². The van der Waals surface area contributed by atoms with E-state index in [1.807, 2.05) is 19.9 Å². The van der Waals surface area contributed by atoms with Crippen molar-refractivity contribution in [3.8, 4) is 0 Å². The predicted molar refractivity (Wildman–Crippen MR) is 77.1 cm³/mol. The van der Waals surface area contributed by atoms with E-state index in [1.165, 1.54) is 0 Å². The van der Waals surface area contributed by atoms with Crippen LogP contribution in [-0.4, -0.2) is 19.4 Å². The van der Waals surface area contributed by atoms with Gasteiger partial charge in [0.2, 0.25) is 10.0 Å². The largest absolute Gasteiger partial charge is 0.392 e. The molecule has 0 aliphatic heterocycles. The molecule has 1 aromatic carbocycles. The summed E-state index contributed by atoms with van der Waals surface area (Å²) in [6, 6.07) is 4.79. The second kappa shape index (κ2) is 5.77. The van der Waals surface area contributed by atoms with E-state index in [0.29, 0.717) is 12.0 Å². The summed E-state index contributed by atoms with van der Waals surface area (Å²) in [5, 5.41) is 0. The first kappa shape index (κ1) is 15.1. The predicted octanol–water partition coefficient (Wildman–Crippen LogP) is 1.65. The van der Waals surface area contributed by atoms with E-state index >= 15 is 0 Å². The second-order valence-electron chi connectivity index (χ2n) is 4.25. The molecule has 0 aromatic heterocycles. The van der Waals surface area contributed by atoms with Crippen LogP contribution in [0.3, 0.4) is 0 Å². The van der Waals surface area contributed by atoms with Crippen LogP contribution >= 0.6 is 12.2 Å². The van der Waals surface area contributed by atoms with Crippen molar-refractivity contribution in [3.05, 3.63) is 29.3 Å². The topological polar surface area (TPSA) is 72.2 Å². The van der Waals surface area contributed by atoms with Crippen LogP contribution in [0.2, 0.25) is 0 Å². The fraction of sp³-hybridized carbons (Fsp3) is 0.417. The summed E-state index contributed by atoms with van der Waals surface area (Å²) in [4.78, 5) is 0.434. The molecule has 0 spiro atoms. The van der Waals surface area contributed by atoms with Crippen molar-refractivity contribution in [1.29, 1.82) is 0 Å². The van der Waals surface area contributed by atoms with Crippen molar-refractivity contribution in [2.24, 2.45) is 5.73 Å². The van der Waals surface area contributed by atoms with Crippen molar-refractivity contribution in [1.82, 2.24) is 4.72 Å². The quantitative estimate of drug-likeness (QED) is 0.807. The van der Waals surface area contributed by atoms with Gasteiger partial charge in [-0.2, -0.15) is 0 Å². The van der Waals surface area contributed by atoms with Gasteiger partial charge in [0.05, 0.1) is 15.9 Å². The van der Waals surface area contributed by atoms with Gasteiger partial charge in [0.25, 0.3) is 0 Å². The molecular formula is C12H18N2O2S2. The summed E-state index contributed by atoms with van der Waals surface area (Å²) >= 11 is 4.84. The molecule has 0 amide bonds. The Kier molecular flexibility index (Phi) is 4.84. The number of sulfonamides is 1. The first-order valence-corrected chi connectivity index (χ1v) is 7.56. The number of benzene rings is 1. The van der Waals surface area contributed by atoms with E-state index in [9.17, 15) is 8.42 Å². The summed E-state index contributed by atoms with van der Waals surface area (Å²) in [6.07, 6.45) is 0.527. The number of hydrogen-bond acceptors (Lipinski definition) is 3. The number of nitrogens with one attached hydrogen (secondary N) is 1. The summed E-state index contributed by atoms with van der Waals surface area (Å²) < 4.78 is 27.0. The highest BCUT2D eigenvalue weighted by atomic mass is 32.2. The van der Waals surface area contributed by atoms with Crippen LogP contribution in [0.5, 0.6) is 0 Å². The van der Waals surface area contributed by atoms with Crippen molar-refractivity contribution in [3.63, 3.8) is 0 Å². The lowest BCUT2D eigenvalue weighted by Crippen LogP contribution is -2.43. The van der Waals surface area contributed by atoms with Gasteiger partial charge < -0.3 is 5.73 Å². The summed E-state index contributed by atoms with van der Waals surface area (Å²) in [5.41, 5.74) is 7.10. The molecule has 4 nitrogen and oxygen atoms in total. The number of rotatable bonds is 5. The van der Waals surface area contributed by atoms with Gasteiger partial charge in [0, 0.05) is 0 Å². The summed E-state index contributed by atoms with van der Waals surface area (Å²) in [6.45, 7) is 5.44. The summed E-state index contributed by atoms with van der Waals surface area (Å²) in [5.74, 6) is 0. The lowest BCUT2D eigenvalue weighted by atomic mass is 10.2. The molecule has 1 rings (SSSR count). The smallest absolute Gasteiger partial charge is 0.241 e. The number of aryl methyl sites for hydroxylation is 2. The van der Waals surface area contributed by atoms with Crippen molar-refractivity contribution < 1.29 is 8.42 Å². The van der Waals surface area contributed by atoms with E-state index in [2.05, 4.69) is 4.72 Å². The van der Waals surface area contributed by atoms with E-state index in [0.717, 1.165) is 5.56 Å². The Morgan fingerprint density at radius 1 is 1.44 bits per heavy atom. The normalized spacial score (nSPS) is 13.3. The highest BCUT2D eigenvalue weighted by Crippen LogP contribution is 2.17. The molecule has 18 heavy (non-hydrogen) atoms. The molecule has 0 bridgehead atoms. The minimum atomic E-state index is -3.59. The van der Waals surface area contributed by atoms with Gasteiger partial charge in [0.15, 0.2) is 0 Å². The first-order valence-electron chi connectivity index (χ1n) is 5.67. The highest BCUT2D eigenvalue weighted by molar-refractivity contribution is 7.89. The minimum Gasteiger partial charge on any atom is -0.392 e. The number of thiocarbonyl (C=S) groups is 1. The molecule has 1 atom stereocenters. The Bertz CT molecular complexity index is 553. The second-order valence-corrected chi connectivity index (χ2v) is 6.41. The first-order chi connectivity index (χ1) is 8.27. The van der Waals surface area contributed by atoms with Crippen LogP contribution in [0, 0.1) is 13.8 Å². The van der Waals surface area contributed by atoms with Gasteiger partial charge in [-0.1, -0.05) is 31.3 Å². The van der Waals surface area contributed by atoms with Crippen molar-refractivity contribution >= 4 is 27.2 Å². The van der Waals surface area contributed by atoms with E-state index in [-0.39, 0.29) is 9.88 Å². The number of nitrogens with two attached hydrogens (primary N) is 1. The van der Waals surface area contributed by atoms with Gasteiger partial charge in [0.1, 0.15) is 0 Å². The average molecular weight is 286 g/mol. The molecule has 0 heterocycles. The fourth-order valence-electron chi connectivity index (χ4n) is 1.59. The van der Waals surface area contributed by atoms with E-state index in [1.54, 1.807) is 19.1 Å². The SMILES string of the molecule is CCC(NS(=O)(=O)c1cc(C)ccc1C)C(N)=S. The Morgan fingerprint density at radius 3 is 2.56 bits per heavy atom. The zero-order valence-corrected chi connectivity index (χ0v) is 12.4. The molecule has 0 fully saturated rings. The van der Waals surface area contributed by atoms with Crippen LogP contribution < -0.4 is 10.5 Å². The maximum absolute atomic E-state index is 12.3. The lowest BCUT2D eigenvalue weighted by Gasteiger charge is -2.17. The third-order valence-corrected chi connectivity index (χ3v) is 4.58. The van der Waals surface area contributed by atoms with Crippen molar-refractivity contribution in [2.45, 2.75) is 38.1 Å². The summed E-state index contributed by atoms with van der Waals surface area (Å²) in [7, 11) is -3.59. The minimum absolute atomic E-state index is 0.159. The number of hydrogen-bond donors (Lipinski definition) is 2. The maximum atomic E-state index is 12.3. The van der Waals surface area contributed by atoms with Gasteiger partial charge in [-0.15, -0.1) is 0 Å². The third-order valence-electron chi connectivity index (χ3n) is 2.68. The van der Waals surface area contributed by atoms with Crippen molar-refractivity contribution in [2.75, 3.05) is 0 Å². The average Bonchev–Trinajstić information content (AvgIpc) is 2.28. The molecule has 1 aromatic rings. The zero-order valence-electron chi connectivity index (χ0n) is 10.7. The molecule has 100 valence electrons. The Balaban J connectivity index is 3.14. The molecule has 0 saturated heterocycles. The van der Waals surface area contributed by atoms with Crippen LogP contribution in [-0.2, 0) is 10.0 Å². The molecule has 6 heteroatoms. The van der Waals surface area contributed by atoms with Gasteiger partial charge in [-0.25, -0.2) is 13.1 Å². The lowest BCUT2D eigenvalue weighted by molar-refractivity contribution is 0.572. The van der Waals surface area contributed by atoms with Crippen LogP contribution in [0.15, 0.2) is 23.1 Å². The fourth-order valence-corrected chi connectivity index (χ4v) is 3.52.